The second-order valence-electron chi connectivity index (χ2n) is 6.17. The Balaban J connectivity index is 1.69. The van der Waals surface area contributed by atoms with Gasteiger partial charge in [-0.25, -0.2) is 0 Å². The molecule has 1 amide bonds. The molecule has 30 heavy (non-hydrogen) atoms. The largest absolute Gasteiger partial charge is 0.497 e. The SMILES string of the molecule is CCCOc1ccc(OCCOC(=O)CNC(=O)c2cc(OC)cc(OC)c2)cc1. The fraction of sp³-hybridized carbons (Fsp3) is 0.364. The van der Waals surface area contributed by atoms with E-state index in [0.717, 1.165) is 12.2 Å². The second kappa shape index (κ2) is 12.2. The van der Waals surface area contributed by atoms with Crippen LogP contribution in [-0.2, 0) is 9.53 Å². The molecule has 2 aromatic carbocycles. The lowest BCUT2D eigenvalue weighted by Gasteiger charge is -2.10. The molecule has 0 spiro atoms. The van der Waals surface area contributed by atoms with Gasteiger partial charge in [0.25, 0.3) is 5.91 Å². The van der Waals surface area contributed by atoms with Crippen LogP contribution in [0.2, 0.25) is 0 Å². The van der Waals surface area contributed by atoms with Crippen molar-refractivity contribution in [3.05, 3.63) is 48.0 Å². The van der Waals surface area contributed by atoms with Crippen LogP contribution in [0.4, 0.5) is 0 Å². The molecule has 1 N–H and O–H groups in total. The number of hydrogen-bond acceptors (Lipinski definition) is 7. The normalized spacial score (nSPS) is 10.1. The minimum atomic E-state index is -0.565. The summed E-state index contributed by atoms with van der Waals surface area (Å²) in [6.45, 7) is 2.71. The average molecular weight is 417 g/mol. The van der Waals surface area contributed by atoms with E-state index < -0.39 is 11.9 Å². The number of nitrogens with one attached hydrogen (secondary N) is 1. The Morgan fingerprint density at radius 3 is 1.90 bits per heavy atom. The van der Waals surface area contributed by atoms with Crippen LogP contribution < -0.4 is 24.3 Å². The number of methoxy groups -OCH3 is 2. The standard InChI is InChI=1S/C22H27NO7/c1-4-9-28-17-5-7-18(8-6-17)29-10-11-30-21(24)15-23-22(25)16-12-19(26-2)14-20(13-16)27-3/h5-8,12-14H,4,9-11,15H2,1-3H3,(H,23,25). The van der Waals surface area contributed by atoms with Crippen molar-refractivity contribution in [2.24, 2.45) is 0 Å². The van der Waals surface area contributed by atoms with Crippen LogP contribution in [-0.4, -0.2) is 52.5 Å². The maximum atomic E-state index is 12.2. The summed E-state index contributed by atoms with van der Waals surface area (Å²) in [5.41, 5.74) is 0.314. The quantitative estimate of drug-likeness (QED) is 0.419. The zero-order valence-corrected chi connectivity index (χ0v) is 17.4. The molecule has 2 rings (SSSR count). The van der Waals surface area contributed by atoms with Gasteiger partial charge in [0.05, 0.1) is 20.8 Å². The molecule has 0 aliphatic heterocycles. The van der Waals surface area contributed by atoms with E-state index in [9.17, 15) is 9.59 Å². The highest BCUT2D eigenvalue weighted by Crippen LogP contribution is 2.22. The maximum Gasteiger partial charge on any atom is 0.325 e. The third-order valence-electron chi connectivity index (χ3n) is 3.92. The van der Waals surface area contributed by atoms with Gasteiger partial charge in [-0.2, -0.15) is 0 Å². The number of benzene rings is 2. The van der Waals surface area contributed by atoms with Gasteiger partial charge >= 0.3 is 5.97 Å². The molecule has 0 saturated heterocycles. The highest BCUT2D eigenvalue weighted by atomic mass is 16.6. The number of hydrogen-bond donors (Lipinski definition) is 1. The molecule has 0 aromatic heterocycles. The fourth-order valence-electron chi connectivity index (χ4n) is 2.41. The van der Waals surface area contributed by atoms with Gasteiger partial charge in [-0.1, -0.05) is 6.92 Å². The van der Waals surface area contributed by atoms with E-state index >= 15 is 0 Å². The van der Waals surface area contributed by atoms with E-state index in [4.69, 9.17) is 23.7 Å². The first-order valence-corrected chi connectivity index (χ1v) is 9.58. The summed E-state index contributed by atoms with van der Waals surface area (Å²) >= 11 is 0. The third kappa shape index (κ3) is 7.54. The van der Waals surface area contributed by atoms with E-state index in [1.54, 1.807) is 30.3 Å². The molecule has 0 radical (unpaired) electrons. The van der Waals surface area contributed by atoms with Gasteiger partial charge in [0.2, 0.25) is 0 Å². The van der Waals surface area contributed by atoms with Crippen LogP contribution in [0.3, 0.4) is 0 Å². The number of carbonyl (C=O) groups is 2. The van der Waals surface area contributed by atoms with Gasteiger partial charge in [0, 0.05) is 11.6 Å². The zero-order chi connectivity index (χ0) is 21.8. The summed E-state index contributed by atoms with van der Waals surface area (Å²) in [6, 6.07) is 12.0. The summed E-state index contributed by atoms with van der Waals surface area (Å²) in [4.78, 5) is 24.1. The van der Waals surface area contributed by atoms with Crippen molar-refractivity contribution in [3.8, 4) is 23.0 Å². The fourth-order valence-corrected chi connectivity index (χ4v) is 2.41. The summed E-state index contributed by atoms with van der Waals surface area (Å²) in [5, 5.41) is 2.50. The number of esters is 1. The topological polar surface area (TPSA) is 92.3 Å². The smallest absolute Gasteiger partial charge is 0.325 e. The lowest BCUT2D eigenvalue weighted by atomic mass is 10.2. The average Bonchev–Trinajstić information content (AvgIpc) is 2.79. The van der Waals surface area contributed by atoms with Crippen molar-refractivity contribution in [2.75, 3.05) is 40.6 Å². The van der Waals surface area contributed by atoms with Crippen molar-refractivity contribution in [2.45, 2.75) is 13.3 Å². The molecular formula is C22H27NO7. The molecule has 0 aliphatic rings. The molecule has 0 heterocycles. The minimum Gasteiger partial charge on any atom is -0.497 e. The van der Waals surface area contributed by atoms with Gasteiger partial charge in [-0.3, -0.25) is 9.59 Å². The third-order valence-corrected chi connectivity index (χ3v) is 3.92. The number of amides is 1. The first kappa shape index (κ1) is 22.9. The van der Waals surface area contributed by atoms with E-state index in [0.29, 0.717) is 29.4 Å². The minimum absolute atomic E-state index is 0.0653. The molecule has 8 heteroatoms. The van der Waals surface area contributed by atoms with Crippen molar-refractivity contribution in [3.63, 3.8) is 0 Å². The summed E-state index contributed by atoms with van der Waals surface area (Å²) in [5.74, 6) is 1.37. The molecule has 0 saturated carbocycles. The monoisotopic (exact) mass is 417 g/mol. The number of ether oxygens (including phenoxy) is 5. The summed E-state index contributed by atoms with van der Waals surface area (Å²) in [7, 11) is 2.98. The molecular weight excluding hydrogens is 390 g/mol. The molecule has 0 bridgehead atoms. The van der Waals surface area contributed by atoms with Gasteiger partial charge in [0.1, 0.15) is 42.8 Å². The Kier molecular flexibility index (Phi) is 9.30. The molecule has 0 unspecified atom stereocenters. The molecule has 162 valence electrons. The van der Waals surface area contributed by atoms with E-state index in [1.807, 2.05) is 19.1 Å². The predicted molar refractivity (Wildman–Crippen MR) is 111 cm³/mol. The number of rotatable bonds is 12. The molecule has 8 nitrogen and oxygen atoms in total. The Bertz CT molecular complexity index is 798. The van der Waals surface area contributed by atoms with Crippen molar-refractivity contribution >= 4 is 11.9 Å². The van der Waals surface area contributed by atoms with Crippen LogP contribution in [0.15, 0.2) is 42.5 Å². The molecule has 0 aliphatic carbocycles. The van der Waals surface area contributed by atoms with Crippen LogP contribution in [0.5, 0.6) is 23.0 Å². The lowest BCUT2D eigenvalue weighted by Crippen LogP contribution is -2.31. The van der Waals surface area contributed by atoms with E-state index in [2.05, 4.69) is 5.32 Å². The Morgan fingerprint density at radius 1 is 0.800 bits per heavy atom. The molecule has 0 fully saturated rings. The Morgan fingerprint density at radius 2 is 1.37 bits per heavy atom. The summed E-state index contributed by atoms with van der Waals surface area (Å²) in [6.07, 6.45) is 0.942. The zero-order valence-electron chi connectivity index (χ0n) is 17.4. The van der Waals surface area contributed by atoms with Crippen molar-refractivity contribution in [1.29, 1.82) is 0 Å². The first-order valence-electron chi connectivity index (χ1n) is 9.58. The van der Waals surface area contributed by atoms with Gasteiger partial charge < -0.3 is 29.0 Å². The highest BCUT2D eigenvalue weighted by molar-refractivity contribution is 5.96. The van der Waals surface area contributed by atoms with Gasteiger partial charge in [0.15, 0.2) is 0 Å². The predicted octanol–water partition coefficient (Wildman–Crippen LogP) is 2.84. The van der Waals surface area contributed by atoms with Crippen LogP contribution in [0, 0.1) is 0 Å². The van der Waals surface area contributed by atoms with Crippen molar-refractivity contribution in [1.82, 2.24) is 5.32 Å². The lowest BCUT2D eigenvalue weighted by molar-refractivity contribution is -0.143. The Hall–Kier alpha value is -3.42. The second-order valence-corrected chi connectivity index (χ2v) is 6.17. The van der Waals surface area contributed by atoms with Crippen molar-refractivity contribution < 1.29 is 33.3 Å². The molecule has 0 atom stereocenters. The van der Waals surface area contributed by atoms with Crippen LogP contribution in [0.1, 0.15) is 23.7 Å². The van der Waals surface area contributed by atoms with Crippen LogP contribution >= 0.6 is 0 Å². The van der Waals surface area contributed by atoms with E-state index in [-0.39, 0.29) is 19.8 Å². The van der Waals surface area contributed by atoms with Gasteiger partial charge in [-0.15, -0.1) is 0 Å². The highest BCUT2D eigenvalue weighted by Gasteiger charge is 2.12. The van der Waals surface area contributed by atoms with E-state index in [1.165, 1.54) is 14.2 Å². The number of carbonyl (C=O) groups excluding carboxylic acids is 2. The Labute approximate surface area is 176 Å². The summed E-state index contributed by atoms with van der Waals surface area (Å²) < 4.78 is 26.3. The maximum absolute atomic E-state index is 12.2. The van der Waals surface area contributed by atoms with Crippen LogP contribution in [0.25, 0.3) is 0 Å². The van der Waals surface area contributed by atoms with Gasteiger partial charge in [-0.05, 0) is 42.8 Å². The first-order chi connectivity index (χ1) is 14.5. The molecule has 2 aromatic rings.